The van der Waals surface area contributed by atoms with Gasteiger partial charge in [0.2, 0.25) is 5.91 Å². The summed E-state index contributed by atoms with van der Waals surface area (Å²) in [6.45, 7) is 12.1. The molecule has 7 nitrogen and oxygen atoms in total. The Morgan fingerprint density at radius 1 is 1.13 bits per heavy atom. The molecule has 0 saturated carbocycles. The third-order valence-corrected chi connectivity index (χ3v) is 2.78. The highest BCUT2D eigenvalue weighted by Gasteiger charge is 2.24. The second-order valence-electron chi connectivity index (χ2n) is 6.25. The van der Waals surface area contributed by atoms with E-state index in [4.69, 9.17) is 19.9 Å². The lowest BCUT2D eigenvalue weighted by molar-refractivity contribution is -0.163. The fourth-order valence-corrected chi connectivity index (χ4v) is 1.90. The summed E-state index contributed by atoms with van der Waals surface area (Å²) in [7, 11) is 0. The predicted molar refractivity (Wildman–Crippen MR) is 87.7 cm³/mol. The van der Waals surface area contributed by atoms with Crippen LogP contribution in [-0.2, 0) is 23.8 Å². The molecule has 0 radical (unpaired) electrons. The van der Waals surface area contributed by atoms with Crippen molar-refractivity contribution < 1.29 is 23.8 Å². The van der Waals surface area contributed by atoms with E-state index in [2.05, 4.69) is 0 Å². The van der Waals surface area contributed by atoms with Gasteiger partial charge in [-0.15, -0.1) is 0 Å². The zero-order chi connectivity index (χ0) is 18.0. The first kappa shape index (κ1) is 21.8. The molecule has 0 saturated heterocycles. The Bertz CT molecular complexity index is 360. The summed E-state index contributed by atoms with van der Waals surface area (Å²) < 4.78 is 16.2. The van der Waals surface area contributed by atoms with Crippen LogP contribution in [0.2, 0.25) is 0 Å². The van der Waals surface area contributed by atoms with Gasteiger partial charge in [0, 0.05) is 19.8 Å². The molecule has 0 aliphatic carbocycles. The Labute approximate surface area is 139 Å². The Morgan fingerprint density at radius 3 is 2.04 bits per heavy atom. The van der Waals surface area contributed by atoms with Gasteiger partial charge in [0.15, 0.2) is 6.29 Å². The Kier molecular flexibility index (Phi) is 10.0. The highest BCUT2D eigenvalue weighted by Crippen LogP contribution is 2.10. The van der Waals surface area contributed by atoms with Crippen LogP contribution >= 0.6 is 0 Å². The largest absolute Gasteiger partial charge is 0.460 e. The first-order chi connectivity index (χ1) is 10.6. The van der Waals surface area contributed by atoms with Crippen molar-refractivity contribution in [1.82, 2.24) is 4.90 Å². The van der Waals surface area contributed by atoms with Crippen molar-refractivity contribution in [2.45, 2.75) is 65.9 Å². The molecule has 136 valence electrons. The van der Waals surface area contributed by atoms with Crippen molar-refractivity contribution in [3.05, 3.63) is 0 Å². The van der Waals surface area contributed by atoms with E-state index < -0.39 is 17.9 Å². The van der Waals surface area contributed by atoms with Crippen molar-refractivity contribution in [2.75, 3.05) is 26.3 Å². The molecule has 0 spiro atoms. The van der Waals surface area contributed by atoms with Gasteiger partial charge in [0.25, 0.3) is 0 Å². The van der Waals surface area contributed by atoms with Gasteiger partial charge in [0.05, 0.1) is 19.0 Å². The van der Waals surface area contributed by atoms with Crippen molar-refractivity contribution in [1.29, 1.82) is 0 Å². The molecule has 23 heavy (non-hydrogen) atoms. The van der Waals surface area contributed by atoms with Crippen LogP contribution in [0, 0.1) is 0 Å². The average Bonchev–Trinajstić information content (AvgIpc) is 2.40. The zero-order valence-corrected chi connectivity index (χ0v) is 15.3. The normalized spacial score (nSPS) is 13.0. The first-order valence-electron chi connectivity index (χ1n) is 8.10. The molecule has 0 aliphatic heterocycles. The van der Waals surface area contributed by atoms with Gasteiger partial charge >= 0.3 is 5.97 Å². The first-order valence-corrected chi connectivity index (χ1v) is 8.10. The molecular weight excluding hydrogens is 300 g/mol. The molecule has 2 N–H and O–H groups in total. The van der Waals surface area contributed by atoms with E-state index in [1.807, 2.05) is 13.8 Å². The topological polar surface area (TPSA) is 91.1 Å². The number of amides is 1. The molecule has 0 aliphatic rings. The van der Waals surface area contributed by atoms with E-state index >= 15 is 0 Å². The van der Waals surface area contributed by atoms with Crippen molar-refractivity contribution in [2.24, 2.45) is 5.73 Å². The van der Waals surface area contributed by atoms with Gasteiger partial charge in [-0.1, -0.05) is 0 Å². The Morgan fingerprint density at radius 2 is 1.65 bits per heavy atom. The maximum absolute atomic E-state index is 12.2. The summed E-state index contributed by atoms with van der Waals surface area (Å²) in [6.07, 6.45) is -0.438. The molecule has 0 fully saturated rings. The predicted octanol–water partition coefficient (Wildman–Crippen LogP) is 1.29. The molecule has 0 aromatic rings. The van der Waals surface area contributed by atoms with Crippen LogP contribution in [0.15, 0.2) is 0 Å². The maximum Gasteiger partial charge on any atom is 0.308 e. The number of hydrogen-bond donors (Lipinski definition) is 1. The standard InChI is InChI=1S/C16H32N2O5/c1-7-21-14(22-8-2)11-18(15(20)12(3)17)10-9-13(19)23-16(4,5)6/h12,14H,7-11,17H2,1-6H3/t12-/m0/s1. The molecule has 0 unspecified atom stereocenters. The number of carbonyl (C=O) groups is 2. The fourth-order valence-electron chi connectivity index (χ4n) is 1.90. The van der Waals surface area contributed by atoms with Gasteiger partial charge in [-0.2, -0.15) is 0 Å². The third-order valence-electron chi connectivity index (χ3n) is 2.78. The lowest BCUT2D eigenvalue weighted by Crippen LogP contribution is -2.47. The Hall–Kier alpha value is -1.18. The minimum atomic E-state index is -0.655. The summed E-state index contributed by atoms with van der Waals surface area (Å²) in [5.74, 6) is -0.609. The average molecular weight is 332 g/mol. The number of rotatable bonds is 10. The zero-order valence-electron chi connectivity index (χ0n) is 15.3. The van der Waals surface area contributed by atoms with Crippen molar-refractivity contribution in [3.8, 4) is 0 Å². The van der Waals surface area contributed by atoms with Crippen LogP contribution in [0.3, 0.4) is 0 Å². The van der Waals surface area contributed by atoms with Crippen molar-refractivity contribution >= 4 is 11.9 Å². The van der Waals surface area contributed by atoms with E-state index in [0.717, 1.165) is 0 Å². The van der Waals surface area contributed by atoms with E-state index in [1.54, 1.807) is 27.7 Å². The second kappa shape index (κ2) is 10.6. The highest BCUT2D eigenvalue weighted by molar-refractivity contribution is 5.81. The number of esters is 1. The van der Waals surface area contributed by atoms with Crippen LogP contribution in [-0.4, -0.2) is 61.0 Å². The molecule has 1 atom stereocenters. The van der Waals surface area contributed by atoms with Crippen LogP contribution in [0.1, 0.15) is 48.0 Å². The fraction of sp³-hybridized carbons (Fsp3) is 0.875. The number of carbonyl (C=O) groups excluding carboxylic acids is 2. The van der Waals surface area contributed by atoms with Gasteiger partial charge in [0.1, 0.15) is 5.60 Å². The van der Waals surface area contributed by atoms with Crippen LogP contribution in [0.5, 0.6) is 0 Å². The van der Waals surface area contributed by atoms with Crippen LogP contribution in [0.25, 0.3) is 0 Å². The van der Waals surface area contributed by atoms with E-state index in [9.17, 15) is 9.59 Å². The number of ether oxygens (including phenoxy) is 3. The molecule has 0 aromatic carbocycles. The molecule has 0 aromatic heterocycles. The summed E-state index contributed by atoms with van der Waals surface area (Å²) in [5.41, 5.74) is 5.13. The molecule has 0 bridgehead atoms. The highest BCUT2D eigenvalue weighted by atomic mass is 16.7. The quantitative estimate of drug-likeness (QED) is 0.479. The summed E-state index contributed by atoms with van der Waals surface area (Å²) in [5, 5.41) is 0. The summed E-state index contributed by atoms with van der Waals surface area (Å²) >= 11 is 0. The number of nitrogens with zero attached hydrogens (tertiary/aromatic N) is 1. The monoisotopic (exact) mass is 332 g/mol. The molecular formula is C16H32N2O5. The molecule has 7 heteroatoms. The lowest BCUT2D eigenvalue weighted by atomic mass is 10.2. The second-order valence-corrected chi connectivity index (χ2v) is 6.25. The lowest BCUT2D eigenvalue weighted by Gasteiger charge is -2.29. The number of hydrogen-bond acceptors (Lipinski definition) is 6. The molecule has 1 amide bonds. The molecule has 0 rings (SSSR count). The van der Waals surface area contributed by atoms with Gasteiger partial charge in [-0.05, 0) is 41.5 Å². The number of nitrogens with two attached hydrogens (primary N) is 1. The van der Waals surface area contributed by atoms with Gasteiger partial charge in [-0.25, -0.2) is 0 Å². The minimum Gasteiger partial charge on any atom is -0.460 e. The smallest absolute Gasteiger partial charge is 0.308 e. The Balaban J connectivity index is 4.74. The van der Waals surface area contributed by atoms with E-state index in [0.29, 0.717) is 13.2 Å². The summed E-state index contributed by atoms with van der Waals surface area (Å²) in [4.78, 5) is 25.6. The van der Waals surface area contributed by atoms with Gasteiger partial charge in [-0.3, -0.25) is 9.59 Å². The minimum absolute atomic E-state index is 0.0979. The van der Waals surface area contributed by atoms with E-state index in [-0.39, 0.29) is 31.4 Å². The summed E-state index contributed by atoms with van der Waals surface area (Å²) in [6, 6.07) is -0.655. The SMILES string of the molecule is CCOC(CN(CCC(=O)OC(C)(C)C)C(=O)[C@H](C)N)OCC. The van der Waals surface area contributed by atoms with E-state index in [1.165, 1.54) is 4.90 Å². The van der Waals surface area contributed by atoms with Crippen LogP contribution in [0.4, 0.5) is 0 Å². The van der Waals surface area contributed by atoms with Gasteiger partial charge < -0.3 is 24.8 Å². The van der Waals surface area contributed by atoms with Crippen LogP contribution < -0.4 is 5.73 Å². The molecule has 0 heterocycles. The third kappa shape index (κ3) is 10.3. The van der Waals surface area contributed by atoms with Crippen molar-refractivity contribution in [3.63, 3.8) is 0 Å². The maximum atomic E-state index is 12.2.